The number of allylic oxidation sites excluding steroid dienone is 1. The van der Waals surface area contributed by atoms with Gasteiger partial charge in [-0.25, -0.2) is 9.78 Å². The van der Waals surface area contributed by atoms with Crippen LogP contribution in [0.2, 0.25) is 0 Å². The van der Waals surface area contributed by atoms with Crippen molar-refractivity contribution < 1.29 is 29.8 Å². The van der Waals surface area contributed by atoms with Crippen molar-refractivity contribution in [3.05, 3.63) is 11.6 Å². The van der Waals surface area contributed by atoms with Gasteiger partial charge < -0.3 is 20.1 Å². The number of hydrogen-bond donors (Lipinski definition) is 4. The fraction of sp³-hybridized carbons (Fsp3) is 0.939. The van der Waals surface area contributed by atoms with Crippen LogP contribution in [0.1, 0.15) is 105 Å². The first kappa shape index (κ1) is 31.3. The highest BCUT2D eigenvalue weighted by molar-refractivity contribution is 7.80. The van der Waals surface area contributed by atoms with E-state index in [0.717, 1.165) is 54.8 Å². The minimum atomic E-state index is -1.32. The van der Waals surface area contributed by atoms with Crippen molar-refractivity contribution in [1.82, 2.24) is 0 Å². The molecular formula is C33H56O6S. The minimum absolute atomic E-state index is 0.0170. The number of rotatable bonds is 9. The summed E-state index contributed by atoms with van der Waals surface area (Å²) in [5, 5.41) is 30.1. The predicted octanol–water partition coefficient (Wildman–Crippen LogP) is 6.08. The standard InChI is InChI=1S/C33H56O6S/c1-19(2)7-6-8-20(3)24-11-12-25-23-10-9-21-17-22(13-15-32(21,4)26(23)14-16-33(24,25)5)39-37-18-27-28(34)29(35)30(36)31(40)38-27/h9,19-20,22-31,34-36,40H,6-8,10-18H2,1-5H3/t20-,22?,23+,24-,25+,26+,27-,28+,29+,30-,31+,32+,33-/m1/s1. The maximum absolute atomic E-state index is 10.2. The number of hydrogen-bond acceptors (Lipinski definition) is 7. The summed E-state index contributed by atoms with van der Waals surface area (Å²) in [6.45, 7) is 12.4. The van der Waals surface area contributed by atoms with Gasteiger partial charge in [0.25, 0.3) is 0 Å². The van der Waals surface area contributed by atoms with E-state index in [-0.39, 0.29) is 18.1 Å². The maximum atomic E-state index is 10.2. The van der Waals surface area contributed by atoms with Crippen molar-refractivity contribution in [3.63, 3.8) is 0 Å². The third kappa shape index (κ3) is 5.84. The van der Waals surface area contributed by atoms with Crippen LogP contribution in [-0.2, 0) is 14.5 Å². The van der Waals surface area contributed by atoms with Crippen molar-refractivity contribution >= 4 is 12.6 Å². The summed E-state index contributed by atoms with van der Waals surface area (Å²) in [6.07, 6.45) is 11.9. The Balaban J connectivity index is 1.17. The Hall–Kier alpha value is -0.150. The summed E-state index contributed by atoms with van der Waals surface area (Å²) in [5.41, 5.74) is 1.45. The highest BCUT2D eigenvalue weighted by Crippen LogP contribution is 2.67. The van der Waals surface area contributed by atoms with Gasteiger partial charge in [-0.05, 0) is 97.7 Å². The van der Waals surface area contributed by atoms with E-state index in [1.807, 2.05) is 0 Å². The summed E-state index contributed by atoms with van der Waals surface area (Å²) in [4.78, 5) is 11.4. The van der Waals surface area contributed by atoms with Gasteiger partial charge in [-0.2, -0.15) is 0 Å². The average Bonchev–Trinajstić information content (AvgIpc) is 3.27. The number of aliphatic hydroxyl groups is 3. The normalized spacial score (nSPS) is 47.8. The lowest BCUT2D eigenvalue weighted by Crippen LogP contribution is -2.57. The molecule has 0 spiro atoms. The number of fused-ring (bicyclic) bond motifs is 5. The molecule has 1 heterocycles. The van der Waals surface area contributed by atoms with Crippen LogP contribution in [-0.4, -0.2) is 57.9 Å². The van der Waals surface area contributed by atoms with Crippen molar-refractivity contribution in [1.29, 1.82) is 0 Å². The molecule has 40 heavy (non-hydrogen) atoms. The monoisotopic (exact) mass is 580 g/mol. The Morgan fingerprint density at radius 2 is 1.75 bits per heavy atom. The first-order valence-corrected chi connectivity index (χ1v) is 16.8. The quantitative estimate of drug-likeness (QED) is 0.114. The van der Waals surface area contributed by atoms with E-state index < -0.39 is 29.9 Å². The Kier molecular flexibility index (Phi) is 9.74. The summed E-state index contributed by atoms with van der Waals surface area (Å²) in [6, 6.07) is 0. The zero-order valence-electron chi connectivity index (χ0n) is 25.5. The van der Waals surface area contributed by atoms with Crippen LogP contribution < -0.4 is 0 Å². The second-order valence-corrected chi connectivity index (χ2v) is 15.6. The smallest absolute Gasteiger partial charge is 0.129 e. The Morgan fingerprint density at radius 1 is 0.975 bits per heavy atom. The van der Waals surface area contributed by atoms with Gasteiger partial charge in [-0.1, -0.05) is 65.5 Å². The SMILES string of the molecule is CC(C)CCC[C@@H](C)[C@H]1CC[C@H]2[C@@H]3CC=C4CC(OOC[C@H]5O[C@@H](S)[C@H](O)[C@@H](O)[C@H]5O)CC[C@]4(C)[C@H]3CC[C@]12C. The van der Waals surface area contributed by atoms with E-state index in [4.69, 9.17) is 14.5 Å². The number of thiol groups is 1. The molecule has 230 valence electrons. The Labute approximate surface area is 248 Å². The number of aliphatic hydroxyl groups excluding tert-OH is 3. The van der Waals surface area contributed by atoms with Crippen LogP contribution >= 0.6 is 12.6 Å². The summed E-state index contributed by atoms with van der Waals surface area (Å²) >= 11 is 4.15. The van der Waals surface area contributed by atoms with Crippen LogP contribution in [0.4, 0.5) is 0 Å². The molecule has 6 nitrogen and oxygen atoms in total. The fourth-order valence-corrected chi connectivity index (χ4v) is 10.3. The van der Waals surface area contributed by atoms with Crippen LogP contribution in [0.3, 0.4) is 0 Å². The fourth-order valence-electron chi connectivity index (χ4n) is 10.0. The zero-order valence-corrected chi connectivity index (χ0v) is 26.4. The van der Waals surface area contributed by atoms with Gasteiger partial charge in [0.05, 0.1) is 6.10 Å². The lowest BCUT2D eigenvalue weighted by Gasteiger charge is -2.58. The largest absolute Gasteiger partial charge is 0.387 e. The third-order valence-electron chi connectivity index (χ3n) is 12.4. The van der Waals surface area contributed by atoms with Gasteiger partial charge in [-0.15, -0.1) is 12.6 Å². The molecule has 5 rings (SSSR count). The second-order valence-electron chi connectivity index (χ2n) is 15.1. The Bertz CT molecular complexity index is 896. The lowest BCUT2D eigenvalue weighted by atomic mass is 9.47. The molecule has 0 amide bonds. The van der Waals surface area contributed by atoms with Gasteiger partial charge in [0, 0.05) is 0 Å². The van der Waals surface area contributed by atoms with E-state index in [1.54, 1.807) is 5.57 Å². The minimum Gasteiger partial charge on any atom is -0.387 e. The molecular weight excluding hydrogens is 524 g/mol. The number of ether oxygens (including phenoxy) is 1. The highest BCUT2D eigenvalue weighted by Gasteiger charge is 2.59. The highest BCUT2D eigenvalue weighted by atomic mass is 32.1. The second kappa shape index (κ2) is 12.5. The summed E-state index contributed by atoms with van der Waals surface area (Å²) in [5.74, 6) is 4.99. The molecule has 0 radical (unpaired) electrons. The van der Waals surface area contributed by atoms with Gasteiger partial charge >= 0.3 is 0 Å². The first-order valence-electron chi connectivity index (χ1n) is 16.3. The molecule has 0 aromatic rings. The molecule has 0 aromatic carbocycles. The molecule has 1 saturated heterocycles. The third-order valence-corrected chi connectivity index (χ3v) is 12.8. The molecule has 3 saturated carbocycles. The molecule has 4 fully saturated rings. The van der Waals surface area contributed by atoms with Crippen molar-refractivity contribution in [3.8, 4) is 0 Å². The topological polar surface area (TPSA) is 88.4 Å². The molecule has 13 atom stereocenters. The van der Waals surface area contributed by atoms with Crippen LogP contribution in [0.15, 0.2) is 11.6 Å². The molecule has 1 unspecified atom stereocenters. The van der Waals surface area contributed by atoms with E-state index in [2.05, 4.69) is 53.3 Å². The van der Waals surface area contributed by atoms with Gasteiger partial charge in [0.15, 0.2) is 0 Å². The van der Waals surface area contributed by atoms with Crippen molar-refractivity contribution in [2.24, 2.45) is 46.3 Å². The van der Waals surface area contributed by atoms with Crippen LogP contribution in [0, 0.1) is 46.3 Å². The molecule has 0 bridgehead atoms. The van der Waals surface area contributed by atoms with Crippen molar-refractivity contribution in [2.45, 2.75) is 141 Å². The predicted molar refractivity (Wildman–Crippen MR) is 160 cm³/mol. The maximum Gasteiger partial charge on any atom is 0.129 e. The molecule has 0 aromatic heterocycles. The molecule has 1 aliphatic heterocycles. The van der Waals surface area contributed by atoms with E-state index >= 15 is 0 Å². The van der Waals surface area contributed by atoms with E-state index in [9.17, 15) is 15.3 Å². The van der Waals surface area contributed by atoms with Crippen LogP contribution in [0.5, 0.6) is 0 Å². The van der Waals surface area contributed by atoms with E-state index in [0.29, 0.717) is 5.41 Å². The summed E-state index contributed by atoms with van der Waals surface area (Å²) in [7, 11) is 0. The average molecular weight is 581 g/mol. The lowest BCUT2D eigenvalue weighted by molar-refractivity contribution is -0.349. The van der Waals surface area contributed by atoms with Gasteiger partial charge in [-0.3, -0.25) is 0 Å². The Morgan fingerprint density at radius 3 is 2.50 bits per heavy atom. The molecule has 7 heteroatoms. The van der Waals surface area contributed by atoms with E-state index in [1.165, 1.54) is 51.4 Å². The zero-order chi connectivity index (χ0) is 28.8. The molecule has 3 N–H and O–H groups in total. The van der Waals surface area contributed by atoms with Crippen molar-refractivity contribution in [2.75, 3.05) is 6.61 Å². The molecule has 5 aliphatic rings. The van der Waals surface area contributed by atoms with Gasteiger partial charge in [0.2, 0.25) is 0 Å². The van der Waals surface area contributed by atoms with Crippen LogP contribution in [0.25, 0.3) is 0 Å². The van der Waals surface area contributed by atoms with Gasteiger partial charge in [0.1, 0.15) is 36.5 Å². The first-order chi connectivity index (χ1) is 19.0. The summed E-state index contributed by atoms with van der Waals surface area (Å²) < 4.78 is 5.51. The molecule has 4 aliphatic carbocycles.